The summed E-state index contributed by atoms with van der Waals surface area (Å²) < 4.78 is 27.9. The van der Waals surface area contributed by atoms with Crippen molar-refractivity contribution in [2.75, 3.05) is 5.32 Å². The third-order valence-electron chi connectivity index (χ3n) is 2.81. The van der Waals surface area contributed by atoms with Gasteiger partial charge >= 0.3 is 0 Å². The van der Waals surface area contributed by atoms with Crippen LogP contribution in [0.4, 0.5) is 14.5 Å². The predicted molar refractivity (Wildman–Crippen MR) is 82.6 cm³/mol. The molecule has 0 aromatic heterocycles. The molecular formula is C14H10BrCl2F2N. The molecule has 0 bridgehead atoms. The largest absolute Gasteiger partial charge is 0.376 e. The van der Waals surface area contributed by atoms with Crippen LogP contribution in [0.5, 0.6) is 0 Å². The van der Waals surface area contributed by atoms with Gasteiger partial charge in [0.05, 0.1) is 16.8 Å². The molecule has 1 nitrogen and oxygen atoms in total. The molecule has 106 valence electrons. The third kappa shape index (κ3) is 3.43. The van der Waals surface area contributed by atoms with Crippen molar-refractivity contribution in [3.05, 3.63) is 62.0 Å². The molecule has 0 aliphatic heterocycles. The molecule has 0 aliphatic rings. The number of nitrogens with one attached hydrogen (secondary N) is 1. The standard InChI is InChI=1S/C14H10BrCl2F2N/c1-7(9-5-12(18)11(17)6-10(9)16)20-14-3-2-8(15)4-13(14)19/h2-7,20H,1H3. The van der Waals surface area contributed by atoms with Crippen molar-refractivity contribution in [2.45, 2.75) is 13.0 Å². The minimum absolute atomic E-state index is 0.0410. The number of benzene rings is 2. The Kier molecular flexibility index (Phi) is 4.89. The first kappa shape index (κ1) is 15.5. The average molecular weight is 381 g/mol. The highest BCUT2D eigenvalue weighted by molar-refractivity contribution is 9.10. The van der Waals surface area contributed by atoms with Crippen LogP contribution < -0.4 is 5.32 Å². The average Bonchev–Trinajstić information content (AvgIpc) is 2.37. The zero-order chi connectivity index (χ0) is 14.9. The van der Waals surface area contributed by atoms with Crippen LogP contribution in [-0.4, -0.2) is 0 Å². The minimum atomic E-state index is -0.559. The van der Waals surface area contributed by atoms with Crippen LogP contribution in [0.1, 0.15) is 18.5 Å². The molecule has 0 fully saturated rings. The molecule has 2 aromatic carbocycles. The Bertz CT molecular complexity index is 649. The summed E-state index contributed by atoms with van der Waals surface area (Å²) in [6.07, 6.45) is 0. The Morgan fingerprint density at radius 2 is 1.75 bits per heavy atom. The van der Waals surface area contributed by atoms with Crippen LogP contribution >= 0.6 is 39.1 Å². The number of hydrogen-bond acceptors (Lipinski definition) is 1. The van der Waals surface area contributed by atoms with Crippen LogP contribution in [0, 0.1) is 11.6 Å². The van der Waals surface area contributed by atoms with E-state index in [4.69, 9.17) is 23.2 Å². The van der Waals surface area contributed by atoms with Crippen LogP contribution in [0.3, 0.4) is 0 Å². The maximum Gasteiger partial charge on any atom is 0.147 e. The molecule has 0 saturated carbocycles. The fourth-order valence-electron chi connectivity index (χ4n) is 1.79. The van der Waals surface area contributed by atoms with E-state index in [0.29, 0.717) is 20.7 Å². The van der Waals surface area contributed by atoms with E-state index in [1.165, 1.54) is 18.2 Å². The highest BCUT2D eigenvalue weighted by atomic mass is 79.9. The van der Waals surface area contributed by atoms with E-state index in [2.05, 4.69) is 21.2 Å². The quantitative estimate of drug-likeness (QED) is 0.624. The van der Waals surface area contributed by atoms with E-state index in [9.17, 15) is 8.78 Å². The summed E-state index contributed by atoms with van der Waals surface area (Å²) in [5.74, 6) is -0.965. The molecule has 1 N–H and O–H groups in total. The van der Waals surface area contributed by atoms with Gasteiger partial charge in [0.1, 0.15) is 11.6 Å². The molecule has 2 aromatic rings. The first-order valence-electron chi connectivity index (χ1n) is 5.74. The van der Waals surface area contributed by atoms with Crippen LogP contribution in [-0.2, 0) is 0 Å². The summed E-state index contributed by atoms with van der Waals surface area (Å²) in [5.41, 5.74) is 0.822. The highest BCUT2D eigenvalue weighted by Gasteiger charge is 2.15. The van der Waals surface area contributed by atoms with Gasteiger partial charge in [-0.1, -0.05) is 39.1 Å². The summed E-state index contributed by atoms with van der Waals surface area (Å²) in [4.78, 5) is 0. The van der Waals surface area contributed by atoms with Crippen molar-refractivity contribution >= 4 is 44.8 Å². The molecule has 0 heterocycles. The summed E-state index contributed by atoms with van der Waals surface area (Å²) in [6, 6.07) is 6.87. The monoisotopic (exact) mass is 379 g/mol. The number of anilines is 1. The van der Waals surface area contributed by atoms with Crippen molar-refractivity contribution in [2.24, 2.45) is 0 Å². The van der Waals surface area contributed by atoms with Crippen LogP contribution in [0.15, 0.2) is 34.8 Å². The first-order chi connectivity index (χ1) is 9.38. The van der Waals surface area contributed by atoms with Crippen LogP contribution in [0.25, 0.3) is 0 Å². The zero-order valence-corrected chi connectivity index (χ0v) is 13.5. The number of rotatable bonds is 3. The van der Waals surface area contributed by atoms with Crippen molar-refractivity contribution in [3.63, 3.8) is 0 Å². The summed E-state index contributed by atoms with van der Waals surface area (Å²) >= 11 is 14.9. The van der Waals surface area contributed by atoms with Gasteiger partial charge in [-0.05, 0) is 42.8 Å². The second-order valence-corrected chi connectivity index (χ2v) is 6.01. The van der Waals surface area contributed by atoms with E-state index < -0.39 is 11.6 Å². The van der Waals surface area contributed by atoms with E-state index in [1.807, 2.05) is 0 Å². The van der Waals surface area contributed by atoms with E-state index in [1.54, 1.807) is 19.1 Å². The molecule has 0 saturated heterocycles. The lowest BCUT2D eigenvalue weighted by molar-refractivity contribution is 0.621. The van der Waals surface area contributed by atoms with E-state index >= 15 is 0 Å². The van der Waals surface area contributed by atoms with Gasteiger partial charge in [0.2, 0.25) is 0 Å². The maximum atomic E-state index is 13.7. The smallest absolute Gasteiger partial charge is 0.147 e. The van der Waals surface area contributed by atoms with Crippen molar-refractivity contribution < 1.29 is 8.78 Å². The summed E-state index contributed by atoms with van der Waals surface area (Å²) in [5, 5.41) is 3.24. The summed E-state index contributed by atoms with van der Waals surface area (Å²) in [6.45, 7) is 1.76. The predicted octanol–water partition coefficient (Wildman–Crippen LogP) is 6.21. The Labute approximate surface area is 134 Å². The van der Waals surface area contributed by atoms with Crippen LogP contribution in [0.2, 0.25) is 10.0 Å². The summed E-state index contributed by atoms with van der Waals surface area (Å²) in [7, 11) is 0. The molecule has 6 heteroatoms. The van der Waals surface area contributed by atoms with Gasteiger partial charge in [0.15, 0.2) is 0 Å². The van der Waals surface area contributed by atoms with Crippen molar-refractivity contribution in [1.29, 1.82) is 0 Å². The number of halogens is 5. The zero-order valence-electron chi connectivity index (χ0n) is 10.4. The van der Waals surface area contributed by atoms with Gasteiger partial charge in [-0.25, -0.2) is 8.78 Å². The van der Waals surface area contributed by atoms with Gasteiger partial charge < -0.3 is 5.32 Å². The second-order valence-electron chi connectivity index (χ2n) is 4.28. The Morgan fingerprint density at radius 1 is 1.05 bits per heavy atom. The van der Waals surface area contributed by atoms with Gasteiger partial charge in [0, 0.05) is 9.50 Å². The molecule has 0 amide bonds. The van der Waals surface area contributed by atoms with Gasteiger partial charge in [-0.15, -0.1) is 0 Å². The molecule has 0 spiro atoms. The third-order valence-corrected chi connectivity index (χ3v) is 3.92. The lowest BCUT2D eigenvalue weighted by atomic mass is 10.1. The second kappa shape index (κ2) is 6.29. The molecule has 2 rings (SSSR count). The number of hydrogen-bond donors (Lipinski definition) is 1. The Hall–Kier alpha value is -0.840. The van der Waals surface area contributed by atoms with Gasteiger partial charge in [-0.3, -0.25) is 0 Å². The lowest BCUT2D eigenvalue weighted by Crippen LogP contribution is -2.09. The topological polar surface area (TPSA) is 12.0 Å². The van der Waals surface area contributed by atoms with Gasteiger partial charge in [0.25, 0.3) is 0 Å². The SMILES string of the molecule is CC(Nc1ccc(Br)cc1F)c1cc(F)c(Cl)cc1Cl. The van der Waals surface area contributed by atoms with Crippen molar-refractivity contribution in [1.82, 2.24) is 0 Å². The van der Waals surface area contributed by atoms with E-state index in [-0.39, 0.29) is 11.1 Å². The molecule has 0 radical (unpaired) electrons. The molecule has 0 aliphatic carbocycles. The first-order valence-corrected chi connectivity index (χ1v) is 7.29. The fourth-order valence-corrected chi connectivity index (χ4v) is 2.67. The minimum Gasteiger partial charge on any atom is -0.376 e. The molecule has 20 heavy (non-hydrogen) atoms. The molecule has 1 unspecified atom stereocenters. The Morgan fingerprint density at radius 3 is 2.40 bits per heavy atom. The normalized spacial score (nSPS) is 12.3. The maximum absolute atomic E-state index is 13.7. The Balaban J connectivity index is 2.28. The van der Waals surface area contributed by atoms with Gasteiger partial charge in [-0.2, -0.15) is 0 Å². The molecular weight excluding hydrogens is 371 g/mol. The lowest BCUT2D eigenvalue weighted by Gasteiger charge is -2.18. The molecule has 1 atom stereocenters. The van der Waals surface area contributed by atoms with Crippen molar-refractivity contribution in [3.8, 4) is 0 Å². The highest BCUT2D eigenvalue weighted by Crippen LogP contribution is 2.31. The fraction of sp³-hybridized carbons (Fsp3) is 0.143. The van der Waals surface area contributed by atoms with E-state index in [0.717, 1.165) is 0 Å².